The molecule has 1 heterocycles. The molecule has 6 nitrogen and oxygen atoms in total. The lowest BCUT2D eigenvalue weighted by atomic mass is 9.53. The Bertz CT molecular complexity index is 781. The predicted octanol–water partition coefficient (Wildman–Crippen LogP) is 4.13. The number of rotatable bonds is 6. The third kappa shape index (κ3) is 4.05. The van der Waals surface area contributed by atoms with Crippen molar-refractivity contribution < 1.29 is 14.3 Å². The van der Waals surface area contributed by atoms with E-state index in [0.717, 1.165) is 37.0 Å². The lowest BCUT2D eigenvalue weighted by molar-refractivity contribution is -0.134. The van der Waals surface area contributed by atoms with Crippen LogP contribution >= 0.6 is 11.6 Å². The van der Waals surface area contributed by atoms with Gasteiger partial charge in [-0.1, -0.05) is 25.4 Å². The maximum atomic E-state index is 12.9. The molecule has 7 heteroatoms. The van der Waals surface area contributed by atoms with Crippen molar-refractivity contribution in [2.75, 3.05) is 0 Å². The molecule has 4 aliphatic carbocycles. The number of aryl methyl sites for hydroxylation is 1. The molecule has 1 aromatic rings. The average Bonchev–Trinajstić information content (AvgIpc) is 2.86. The summed E-state index contributed by atoms with van der Waals surface area (Å²) >= 11 is 6.38. The molecule has 1 aromatic heterocycles. The highest BCUT2D eigenvalue weighted by atomic mass is 35.5. The van der Waals surface area contributed by atoms with E-state index in [1.807, 2.05) is 0 Å². The summed E-state index contributed by atoms with van der Waals surface area (Å²) in [7, 11) is 0. The van der Waals surface area contributed by atoms with Gasteiger partial charge in [-0.25, -0.2) is 4.79 Å². The molecular formula is C22H32ClN3O3. The number of hydrogen-bond acceptors (Lipinski definition) is 4. The number of aromatic nitrogens is 2. The van der Waals surface area contributed by atoms with E-state index >= 15 is 0 Å². The second kappa shape index (κ2) is 7.60. The second-order valence-corrected chi connectivity index (χ2v) is 10.4. The molecule has 29 heavy (non-hydrogen) atoms. The predicted molar refractivity (Wildman–Crippen MR) is 111 cm³/mol. The fourth-order valence-corrected chi connectivity index (χ4v) is 6.47. The number of hydrogen-bond donors (Lipinski definition) is 1. The van der Waals surface area contributed by atoms with E-state index in [4.69, 9.17) is 16.3 Å². The van der Waals surface area contributed by atoms with Crippen LogP contribution in [0.3, 0.4) is 0 Å². The van der Waals surface area contributed by atoms with E-state index in [1.54, 1.807) is 18.5 Å². The topological polar surface area (TPSA) is 73.2 Å². The minimum Gasteiger partial charge on any atom is -0.449 e. The smallest absolute Gasteiger partial charge is 0.343 e. The molecule has 1 atom stereocenters. The number of ether oxygens (including phenoxy) is 1. The maximum absolute atomic E-state index is 12.9. The molecule has 0 aromatic carbocycles. The van der Waals surface area contributed by atoms with Crippen molar-refractivity contribution in [2.24, 2.45) is 23.7 Å². The quantitative estimate of drug-likeness (QED) is 0.701. The zero-order valence-electron chi connectivity index (χ0n) is 17.8. The largest absolute Gasteiger partial charge is 0.449 e. The van der Waals surface area contributed by atoms with Crippen LogP contribution in [0.4, 0.5) is 0 Å². The molecule has 1 amide bonds. The standard InChI is InChI=1S/C22H32ClN3O3/c1-12(2)11-26-19(23)18(13(3)25-26)21(28)29-14(4)20(27)24-22-8-15-5-16(9-22)7-17(6-15)10-22/h12,14-17H,5-11H2,1-4H3,(H,24,27)/t14-,15?,16?,17?,22?/m1/s1. The monoisotopic (exact) mass is 421 g/mol. The molecule has 5 rings (SSSR count). The zero-order chi connectivity index (χ0) is 20.9. The Labute approximate surface area is 177 Å². The van der Waals surface area contributed by atoms with Crippen molar-refractivity contribution in [2.45, 2.75) is 84.4 Å². The van der Waals surface area contributed by atoms with Crippen molar-refractivity contribution in [3.63, 3.8) is 0 Å². The molecule has 4 saturated carbocycles. The molecule has 4 fully saturated rings. The van der Waals surface area contributed by atoms with Crippen molar-refractivity contribution in [1.29, 1.82) is 0 Å². The van der Waals surface area contributed by atoms with Gasteiger partial charge in [0, 0.05) is 12.1 Å². The van der Waals surface area contributed by atoms with Gasteiger partial charge < -0.3 is 10.1 Å². The fourth-order valence-electron chi connectivity index (χ4n) is 6.15. The Hall–Kier alpha value is -1.56. The molecule has 0 radical (unpaired) electrons. The molecule has 160 valence electrons. The van der Waals surface area contributed by atoms with Crippen molar-refractivity contribution in [1.82, 2.24) is 15.1 Å². The van der Waals surface area contributed by atoms with Gasteiger partial charge in [0.25, 0.3) is 5.91 Å². The van der Waals surface area contributed by atoms with Crippen molar-refractivity contribution in [3.8, 4) is 0 Å². The highest BCUT2D eigenvalue weighted by Crippen LogP contribution is 2.55. The Morgan fingerprint density at radius 3 is 2.24 bits per heavy atom. The van der Waals surface area contributed by atoms with Crippen LogP contribution in [0.25, 0.3) is 0 Å². The number of esters is 1. The summed E-state index contributed by atoms with van der Waals surface area (Å²) in [6.07, 6.45) is 6.29. The number of nitrogens with one attached hydrogen (secondary N) is 1. The first-order valence-electron chi connectivity index (χ1n) is 10.9. The van der Waals surface area contributed by atoms with E-state index in [0.29, 0.717) is 18.2 Å². The summed E-state index contributed by atoms with van der Waals surface area (Å²) in [4.78, 5) is 25.6. The van der Waals surface area contributed by atoms with Gasteiger partial charge >= 0.3 is 5.97 Å². The van der Waals surface area contributed by atoms with E-state index in [9.17, 15) is 9.59 Å². The third-order valence-corrected chi connectivity index (χ3v) is 7.27. The molecule has 0 saturated heterocycles. The molecule has 0 aliphatic heterocycles. The third-order valence-electron chi connectivity index (χ3n) is 6.89. The lowest BCUT2D eigenvalue weighted by Crippen LogP contribution is -2.61. The Morgan fingerprint density at radius 1 is 1.17 bits per heavy atom. The number of nitrogens with zero attached hydrogens (tertiary/aromatic N) is 2. The van der Waals surface area contributed by atoms with E-state index in [1.165, 1.54) is 19.3 Å². The van der Waals surface area contributed by atoms with Crippen LogP contribution in [0.2, 0.25) is 5.15 Å². The summed E-state index contributed by atoms with van der Waals surface area (Å²) < 4.78 is 7.13. The van der Waals surface area contributed by atoms with Gasteiger partial charge in [-0.15, -0.1) is 0 Å². The lowest BCUT2D eigenvalue weighted by Gasteiger charge is -2.57. The fraction of sp³-hybridized carbons (Fsp3) is 0.773. The number of halogens is 1. The Kier molecular flexibility index (Phi) is 5.43. The van der Waals surface area contributed by atoms with Crippen LogP contribution in [0.15, 0.2) is 0 Å². The van der Waals surface area contributed by atoms with Crippen LogP contribution in [0.5, 0.6) is 0 Å². The van der Waals surface area contributed by atoms with E-state index < -0.39 is 12.1 Å². The number of carbonyl (C=O) groups is 2. The first-order chi connectivity index (χ1) is 13.7. The van der Waals surface area contributed by atoms with Gasteiger partial charge in [0.05, 0.1) is 5.69 Å². The maximum Gasteiger partial charge on any atom is 0.343 e. The minimum atomic E-state index is -0.862. The van der Waals surface area contributed by atoms with Crippen molar-refractivity contribution >= 4 is 23.5 Å². The molecule has 0 unspecified atom stereocenters. The first kappa shape index (κ1) is 20.7. The molecule has 4 bridgehead atoms. The average molecular weight is 422 g/mol. The summed E-state index contributed by atoms with van der Waals surface area (Å²) in [6.45, 7) is 8.11. The number of carbonyl (C=O) groups excluding carboxylic acids is 2. The summed E-state index contributed by atoms with van der Waals surface area (Å²) in [5.41, 5.74) is 0.679. The Balaban J connectivity index is 1.40. The van der Waals surface area contributed by atoms with Crippen LogP contribution in [0, 0.1) is 30.6 Å². The van der Waals surface area contributed by atoms with E-state index in [-0.39, 0.29) is 22.2 Å². The van der Waals surface area contributed by atoms with E-state index in [2.05, 4.69) is 24.3 Å². The molecule has 1 N–H and O–H groups in total. The molecular weight excluding hydrogens is 390 g/mol. The van der Waals surface area contributed by atoms with Gasteiger partial charge in [0.2, 0.25) is 0 Å². The number of amides is 1. The summed E-state index contributed by atoms with van der Waals surface area (Å²) in [6, 6.07) is 0. The summed E-state index contributed by atoms with van der Waals surface area (Å²) in [5, 5.41) is 7.90. The zero-order valence-corrected chi connectivity index (χ0v) is 18.6. The van der Waals surface area contributed by atoms with Gasteiger partial charge in [0.1, 0.15) is 10.7 Å². The van der Waals surface area contributed by atoms with Crippen LogP contribution in [-0.4, -0.2) is 33.3 Å². The van der Waals surface area contributed by atoms with Gasteiger partial charge in [-0.05, 0) is 76.0 Å². The first-order valence-corrected chi connectivity index (χ1v) is 11.3. The van der Waals surface area contributed by atoms with Gasteiger partial charge in [0.15, 0.2) is 6.10 Å². The highest BCUT2D eigenvalue weighted by Gasteiger charge is 2.51. The highest BCUT2D eigenvalue weighted by molar-refractivity contribution is 6.32. The van der Waals surface area contributed by atoms with Gasteiger partial charge in [-0.3, -0.25) is 9.48 Å². The summed E-state index contributed by atoms with van der Waals surface area (Å²) in [5.74, 6) is 1.79. The second-order valence-electron chi connectivity index (χ2n) is 10.1. The van der Waals surface area contributed by atoms with Crippen LogP contribution in [-0.2, 0) is 16.1 Å². The van der Waals surface area contributed by atoms with Crippen LogP contribution in [0.1, 0.15) is 75.3 Å². The van der Waals surface area contributed by atoms with Crippen molar-refractivity contribution in [3.05, 3.63) is 16.4 Å². The van der Waals surface area contributed by atoms with Gasteiger partial charge in [-0.2, -0.15) is 5.10 Å². The van der Waals surface area contributed by atoms with Crippen LogP contribution < -0.4 is 5.32 Å². The SMILES string of the molecule is Cc1nn(CC(C)C)c(Cl)c1C(=O)O[C@H](C)C(=O)NC12CC3CC(CC(C3)C1)C2. The normalized spacial score (nSPS) is 31.2. The molecule has 4 aliphatic rings. The Morgan fingerprint density at radius 2 is 1.72 bits per heavy atom. The molecule has 0 spiro atoms. The minimum absolute atomic E-state index is 0.0950.